The van der Waals surface area contributed by atoms with Crippen molar-refractivity contribution in [3.05, 3.63) is 51.3 Å². The fourth-order valence-corrected chi connectivity index (χ4v) is 2.84. The van der Waals surface area contributed by atoms with E-state index in [4.69, 9.17) is 9.47 Å². The highest BCUT2D eigenvalue weighted by atomic mass is 16.6. The van der Waals surface area contributed by atoms with Gasteiger partial charge in [0.05, 0.1) is 31.6 Å². The van der Waals surface area contributed by atoms with Gasteiger partial charge in [0.15, 0.2) is 12.4 Å². The zero-order chi connectivity index (χ0) is 20.8. The number of nitro benzene ring substituents is 1. The Morgan fingerprint density at radius 1 is 1.18 bits per heavy atom. The van der Waals surface area contributed by atoms with Gasteiger partial charge in [0.25, 0.3) is 0 Å². The van der Waals surface area contributed by atoms with Crippen molar-refractivity contribution in [1.82, 2.24) is 4.57 Å². The Balaban J connectivity index is 2.14. The number of esters is 1. The van der Waals surface area contributed by atoms with Crippen LogP contribution in [0.1, 0.15) is 28.2 Å². The molecule has 150 valence electrons. The molecule has 0 aliphatic heterocycles. The van der Waals surface area contributed by atoms with Crippen LogP contribution in [0, 0.1) is 24.0 Å². The summed E-state index contributed by atoms with van der Waals surface area (Å²) < 4.78 is 16.9. The highest BCUT2D eigenvalue weighted by molar-refractivity contribution is 5.98. The Labute approximate surface area is 162 Å². The van der Waals surface area contributed by atoms with Crippen LogP contribution in [-0.2, 0) is 16.1 Å². The van der Waals surface area contributed by atoms with E-state index in [2.05, 4.69) is 4.74 Å². The first-order chi connectivity index (χ1) is 13.3. The van der Waals surface area contributed by atoms with Gasteiger partial charge in [0.1, 0.15) is 5.75 Å². The third kappa shape index (κ3) is 4.67. The molecule has 1 aromatic heterocycles. The number of benzene rings is 1. The van der Waals surface area contributed by atoms with Crippen LogP contribution >= 0.6 is 0 Å². The first-order valence-electron chi connectivity index (χ1n) is 8.50. The number of nitro groups is 1. The summed E-state index contributed by atoms with van der Waals surface area (Å²) in [5.41, 5.74) is 1.67. The lowest BCUT2D eigenvalue weighted by Gasteiger charge is -2.09. The average molecular weight is 390 g/mol. The maximum Gasteiger partial charge on any atom is 0.314 e. The van der Waals surface area contributed by atoms with Crippen LogP contribution in [0.25, 0.3) is 0 Å². The van der Waals surface area contributed by atoms with Gasteiger partial charge in [-0.15, -0.1) is 0 Å². The lowest BCUT2D eigenvalue weighted by atomic mass is 10.1. The van der Waals surface area contributed by atoms with Crippen LogP contribution in [0.3, 0.4) is 0 Å². The molecule has 9 nitrogen and oxygen atoms in total. The summed E-state index contributed by atoms with van der Waals surface area (Å²) in [6.45, 7) is 3.64. The van der Waals surface area contributed by atoms with Gasteiger partial charge in [-0.05, 0) is 32.0 Å². The number of ketones is 1. The van der Waals surface area contributed by atoms with Gasteiger partial charge < -0.3 is 18.8 Å². The van der Waals surface area contributed by atoms with Crippen molar-refractivity contribution in [3.8, 4) is 11.5 Å². The second-order valence-corrected chi connectivity index (χ2v) is 6.07. The first-order valence-corrected chi connectivity index (χ1v) is 8.50. The number of nitrogens with zero attached hydrogens (tertiary/aromatic N) is 2. The van der Waals surface area contributed by atoms with Gasteiger partial charge in [-0.2, -0.15) is 0 Å². The van der Waals surface area contributed by atoms with Crippen LogP contribution in [0.5, 0.6) is 11.5 Å². The SMILES string of the molecule is COC(=O)CCn1c(C)cc(C(=O)COc2ccc(OC)cc2[N+](=O)[O-])c1C. The molecule has 0 saturated carbocycles. The molecule has 0 radical (unpaired) electrons. The van der Waals surface area contributed by atoms with Crippen LogP contribution in [0.15, 0.2) is 24.3 Å². The summed E-state index contributed by atoms with van der Waals surface area (Å²) in [5, 5.41) is 11.2. The van der Waals surface area contributed by atoms with E-state index in [1.165, 1.54) is 32.4 Å². The highest BCUT2D eigenvalue weighted by Crippen LogP contribution is 2.31. The third-order valence-electron chi connectivity index (χ3n) is 4.36. The van der Waals surface area contributed by atoms with Crippen molar-refractivity contribution in [2.45, 2.75) is 26.8 Å². The predicted octanol–water partition coefficient (Wildman–Crippen LogP) is 2.85. The summed E-state index contributed by atoms with van der Waals surface area (Å²) in [7, 11) is 2.72. The van der Waals surface area contributed by atoms with Crippen LogP contribution in [0.2, 0.25) is 0 Å². The Hall–Kier alpha value is -3.36. The fraction of sp³-hybridized carbons (Fsp3) is 0.368. The van der Waals surface area contributed by atoms with Crippen molar-refractivity contribution < 1.29 is 28.7 Å². The second-order valence-electron chi connectivity index (χ2n) is 6.07. The predicted molar refractivity (Wildman–Crippen MR) is 100 cm³/mol. The molecule has 0 atom stereocenters. The molecule has 0 aliphatic carbocycles. The van der Waals surface area contributed by atoms with Crippen molar-refractivity contribution in [2.75, 3.05) is 20.8 Å². The molecule has 1 aromatic carbocycles. The molecule has 28 heavy (non-hydrogen) atoms. The van der Waals surface area contributed by atoms with E-state index in [9.17, 15) is 19.7 Å². The van der Waals surface area contributed by atoms with Crippen molar-refractivity contribution in [1.29, 1.82) is 0 Å². The van der Waals surface area contributed by atoms with Crippen molar-refractivity contribution in [2.24, 2.45) is 0 Å². The topological polar surface area (TPSA) is 110 Å². The minimum Gasteiger partial charge on any atom is -0.496 e. The number of hydrogen-bond donors (Lipinski definition) is 0. The molecule has 0 unspecified atom stereocenters. The summed E-state index contributed by atoms with van der Waals surface area (Å²) in [6, 6.07) is 5.86. The molecule has 0 fully saturated rings. The summed E-state index contributed by atoms with van der Waals surface area (Å²) in [6.07, 6.45) is 0.190. The monoisotopic (exact) mass is 390 g/mol. The molecule has 0 bridgehead atoms. The molecule has 9 heteroatoms. The molecule has 0 N–H and O–H groups in total. The second kappa shape index (κ2) is 9.03. The first kappa shape index (κ1) is 20.9. The van der Waals surface area contributed by atoms with E-state index in [0.717, 1.165) is 5.69 Å². The Kier molecular flexibility index (Phi) is 6.75. The molecule has 2 aromatic rings. The van der Waals surface area contributed by atoms with Gasteiger partial charge in [-0.1, -0.05) is 0 Å². The highest BCUT2D eigenvalue weighted by Gasteiger charge is 2.20. The number of carbonyl (C=O) groups excluding carboxylic acids is 2. The number of methoxy groups -OCH3 is 2. The Morgan fingerprint density at radius 3 is 2.50 bits per heavy atom. The minimum absolute atomic E-state index is 0.0151. The quantitative estimate of drug-likeness (QED) is 0.280. The zero-order valence-electron chi connectivity index (χ0n) is 16.2. The molecular weight excluding hydrogens is 368 g/mol. The number of rotatable bonds is 9. The summed E-state index contributed by atoms with van der Waals surface area (Å²) in [4.78, 5) is 34.5. The van der Waals surface area contributed by atoms with Gasteiger partial charge in [-0.25, -0.2) is 0 Å². The fourth-order valence-electron chi connectivity index (χ4n) is 2.84. The van der Waals surface area contributed by atoms with Crippen LogP contribution in [0.4, 0.5) is 5.69 Å². The summed E-state index contributed by atoms with van der Waals surface area (Å²) in [5.74, 6) is -0.351. The number of ether oxygens (including phenoxy) is 3. The standard InChI is InChI=1S/C19H22N2O7/c1-12-9-15(13(2)20(12)8-7-19(23)27-4)17(22)11-28-18-6-5-14(26-3)10-16(18)21(24)25/h5-6,9-10H,7-8,11H2,1-4H3. The van der Waals surface area contributed by atoms with Gasteiger partial charge >= 0.3 is 11.7 Å². The minimum atomic E-state index is -0.596. The number of aromatic nitrogens is 1. The van der Waals surface area contributed by atoms with Crippen LogP contribution in [-0.4, -0.2) is 42.1 Å². The Bertz CT molecular complexity index is 902. The lowest BCUT2D eigenvalue weighted by Crippen LogP contribution is -2.14. The zero-order valence-corrected chi connectivity index (χ0v) is 16.2. The van der Waals surface area contributed by atoms with E-state index >= 15 is 0 Å². The molecule has 0 spiro atoms. The lowest BCUT2D eigenvalue weighted by molar-refractivity contribution is -0.385. The molecule has 0 saturated heterocycles. The van der Waals surface area contributed by atoms with Crippen LogP contribution < -0.4 is 9.47 Å². The maximum atomic E-state index is 12.6. The average Bonchev–Trinajstić information content (AvgIpc) is 2.97. The van der Waals surface area contributed by atoms with Crippen molar-refractivity contribution in [3.63, 3.8) is 0 Å². The van der Waals surface area contributed by atoms with E-state index < -0.39 is 4.92 Å². The van der Waals surface area contributed by atoms with E-state index in [0.29, 0.717) is 23.6 Å². The van der Waals surface area contributed by atoms with E-state index in [-0.39, 0.29) is 36.2 Å². The number of Topliss-reactive ketones (excluding diaryl/α,β-unsaturated/α-hetero) is 1. The van der Waals surface area contributed by atoms with E-state index in [1.807, 2.05) is 11.5 Å². The third-order valence-corrected chi connectivity index (χ3v) is 4.36. The van der Waals surface area contributed by atoms with E-state index in [1.54, 1.807) is 13.0 Å². The van der Waals surface area contributed by atoms with Gasteiger partial charge in [0, 0.05) is 23.5 Å². The number of aryl methyl sites for hydroxylation is 1. The smallest absolute Gasteiger partial charge is 0.314 e. The van der Waals surface area contributed by atoms with Gasteiger partial charge in [-0.3, -0.25) is 19.7 Å². The number of hydrogen-bond acceptors (Lipinski definition) is 7. The molecule has 0 aliphatic rings. The maximum absolute atomic E-state index is 12.6. The summed E-state index contributed by atoms with van der Waals surface area (Å²) >= 11 is 0. The molecular formula is C19H22N2O7. The number of carbonyl (C=O) groups is 2. The molecule has 2 rings (SSSR count). The molecule has 0 amide bonds. The largest absolute Gasteiger partial charge is 0.496 e. The normalized spacial score (nSPS) is 10.4. The van der Waals surface area contributed by atoms with Gasteiger partial charge in [0.2, 0.25) is 5.78 Å². The Morgan fingerprint density at radius 2 is 1.89 bits per heavy atom. The van der Waals surface area contributed by atoms with Crippen molar-refractivity contribution >= 4 is 17.4 Å². The molecule has 1 heterocycles.